The van der Waals surface area contributed by atoms with Crippen LogP contribution in [0.3, 0.4) is 0 Å². The molecule has 1 aliphatic rings. The molecule has 3 N–H and O–H groups in total. The molecule has 0 aliphatic carbocycles. The summed E-state index contributed by atoms with van der Waals surface area (Å²) < 4.78 is 3.42. The summed E-state index contributed by atoms with van der Waals surface area (Å²) in [4.78, 5) is 11.0. The van der Waals surface area contributed by atoms with Gasteiger partial charge in [-0.2, -0.15) is 0 Å². The second-order valence-corrected chi connectivity index (χ2v) is 21.5. The van der Waals surface area contributed by atoms with Crippen LogP contribution in [0.5, 0.6) is 5.75 Å². The molecule has 5 rings (SSSR count). The number of unbranched alkanes of at least 4 members (excludes halogenated alkanes) is 2. The Bertz CT molecular complexity index is 1410. The van der Waals surface area contributed by atoms with Crippen molar-refractivity contribution in [3.05, 3.63) is 121 Å². The van der Waals surface area contributed by atoms with Crippen molar-refractivity contribution in [1.82, 2.24) is 10.2 Å². The molecule has 0 spiro atoms. The standard InChI is InChI=1S/C34H39IN5OP/c1-40(2)34-38-32(37-33(36)39-34)27-21-23-28(24-22-27)41-25-13-6-14-26-42(35,29-15-7-3-8-16-29,30-17-9-4-10-18-30)31-19-11-5-12-20-31/h3-5,7-12,15-24,32H,6,13-14,25-26H2,1-2H3,(H3,36,37,38,39). The molecule has 1 aliphatic heterocycles. The third-order valence-electron chi connectivity index (χ3n) is 7.72. The first-order valence-electron chi connectivity index (χ1n) is 14.4. The molecule has 0 saturated heterocycles. The minimum absolute atomic E-state index is 0.360. The number of hydrogen-bond acceptors (Lipinski definition) is 6. The molecule has 1 unspecified atom stereocenters. The zero-order valence-corrected chi connectivity index (χ0v) is 27.3. The molecule has 1 heterocycles. The number of guanidine groups is 2. The van der Waals surface area contributed by atoms with Crippen LogP contribution in [0.1, 0.15) is 31.0 Å². The number of aliphatic imine (C=N–C) groups is 2. The minimum Gasteiger partial charge on any atom is -0.370 e. The number of nitrogens with two attached hydrogens (primary N) is 1. The summed E-state index contributed by atoms with van der Waals surface area (Å²) in [5.41, 5.74) is 6.94. The minimum atomic E-state index is -2.71. The molecule has 8 heteroatoms. The number of benzene rings is 4. The molecule has 4 aromatic rings. The van der Waals surface area contributed by atoms with Crippen molar-refractivity contribution >= 4 is 54.1 Å². The van der Waals surface area contributed by atoms with Crippen molar-refractivity contribution in [2.45, 2.75) is 25.4 Å². The van der Waals surface area contributed by atoms with Gasteiger partial charge in [-0.1, -0.05) is 0 Å². The molecule has 0 radical (unpaired) electrons. The fourth-order valence-electron chi connectivity index (χ4n) is 5.50. The molecule has 0 saturated carbocycles. The molecule has 218 valence electrons. The molecule has 6 nitrogen and oxygen atoms in total. The van der Waals surface area contributed by atoms with E-state index in [9.17, 15) is 0 Å². The first kappa shape index (κ1) is 30.1. The second kappa shape index (κ2) is 13.3. The van der Waals surface area contributed by atoms with Crippen LogP contribution in [0.2, 0.25) is 0 Å². The molecule has 42 heavy (non-hydrogen) atoms. The third-order valence-corrected chi connectivity index (χ3v) is 19.5. The fourth-order valence-corrected chi connectivity index (χ4v) is 14.3. The third kappa shape index (κ3) is 6.32. The Morgan fingerprint density at radius 1 is 0.738 bits per heavy atom. The molecule has 4 aromatic carbocycles. The van der Waals surface area contributed by atoms with Crippen LogP contribution in [0, 0.1) is 0 Å². The molecule has 1 atom stereocenters. The van der Waals surface area contributed by atoms with Gasteiger partial charge in [0.15, 0.2) is 5.96 Å². The van der Waals surface area contributed by atoms with Gasteiger partial charge in [0.25, 0.3) is 0 Å². The van der Waals surface area contributed by atoms with E-state index in [1.807, 2.05) is 43.3 Å². The summed E-state index contributed by atoms with van der Waals surface area (Å²) in [6.07, 6.45) is 3.95. The van der Waals surface area contributed by atoms with Gasteiger partial charge in [0.05, 0.1) is 0 Å². The van der Waals surface area contributed by atoms with Gasteiger partial charge in [0, 0.05) is 14.1 Å². The van der Waals surface area contributed by atoms with Crippen LogP contribution in [0.25, 0.3) is 0 Å². The number of nitrogens with one attached hydrogen (secondary N) is 1. The van der Waals surface area contributed by atoms with Gasteiger partial charge in [-0.15, -0.1) is 0 Å². The molecular weight excluding hydrogens is 652 g/mol. The van der Waals surface area contributed by atoms with Crippen molar-refractivity contribution < 1.29 is 4.74 Å². The summed E-state index contributed by atoms with van der Waals surface area (Å²) in [5.74, 6) is 1.92. The van der Waals surface area contributed by atoms with Crippen LogP contribution in [-0.4, -0.2) is 43.7 Å². The van der Waals surface area contributed by atoms with Crippen molar-refractivity contribution in [2.24, 2.45) is 15.7 Å². The molecule has 0 fully saturated rings. The Balaban J connectivity index is 1.24. The van der Waals surface area contributed by atoms with Crippen LogP contribution in [0.4, 0.5) is 0 Å². The first-order chi connectivity index (χ1) is 20.4. The first-order valence-corrected chi connectivity index (χ1v) is 19.6. The van der Waals surface area contributed by atoms with Gasteiger partial charge < -0.3 is 10.6 Å². The molecule has 0 aromatic heterocycles. The number of rotatable bonds is 11. The van der Waals surface area contributed by atoms with Crippen LogP contribution in [0.15, 0.2) is 125 Å². The van der Waals surface area contributed by atoms with Crippen molar-refractivity contribution in [2.75, 3.05) is 26.9 Å². The van der Waals surface area contributed by atoms with E-state index in [2.05, 4.69) is 128 Å². The SMILES string of the molecule is CN(C)C1=NC(c2ccc(OCCCCCP(I)(c3ccccc3)(c3ccccc3)c3ccccc3)cc2)N=C(N)N1. The summed E-state index contributed by atoms with van der Waals surface area (Å²) in [5, 5.41) is 7.28. The number of nitrogens with zero attached hydrogens (tertiary/aromatic N) is 3. The van der Waals surface area contributed by atoms with E-state index < -0.39 is 4.25 Å². The normalized spacial score (nSPS) is 15.9. The zero-order valence-electron chi connectivity index (χ0n) is 24.2. The summed E-state index contributed by atoms with van der Waals surface area (Å²) >= 11 is 2.87. The van der Waals surface area contributed by atoms with Gasteiger partial charge >= 0.3 is 222 Å². The maximum atomic E-state index is 6.13. The fraction of sp³-hybridized carbons (Fsp3) is 0.235. The average molecular weight is 692 g/mol. The number of hydrogen-bond donors (Lipinski definition) is 2. The average Bonchev–Trinajstić information content (AvgIpc) is 3.04. The monoisotopic (exact) mass is 691 g/mol. The van der Waals surface area contributed by atoms with Crippen LogP contribution in [-0.2, 0) is 0 Å². The molecular formula is C34H39IN5OP. The zero-order chi connectivity index (χ0) is 29.4. The van der Waals surface area contributed by atoms with Gasteiger partial charge in [0.1, 0.15) is 0 Å². The quantitative estimate of drug-likeness (QED) is 0.116. The van der Waals surface area contributed by atoms with E-state index >= 15 is 0 Å². The predicted molar refractivity (Wildman–Crippen MR) is 188 cm³/mol. The Labute approximate surface area is 262 Å². The van der Waals surface area contributed by atoms with Crippen LogP contribution < -0.4 is 31.7 Å². The topological polar surface area (TPSA) is 75.2 Å². The predicted octanol–water partition coefficient (Wildman–Crippen LogP) is 5.95. The molecule has 0 amide bonds. The van der Waals surface area contributed by atoms with Gasteiger partial charge in [0.2, 0.25) is 5.96 Å². The van der Waals surface area contributed by atoms with E-state index in [-0.39, 0.29) is 6.17 Å². The van der Waals surface area contributed by atoms with E-state index in [0.717, 1.165) is 36.7 Å². The Hall–Kier alpha value is -3.42. The van der Waals surface area contributed by atoms with E-state index in [1.54, 1.807) is 0 Å². The van der Waals surface area contributed by atoms with Crippen LogP contribution >= 0.6 is 26.3 Å². The summed E-state index contributed by atoms with van der Waals surface area (Å²) in [7, 11) is 3.84. The summed E-state index contributed by atoms with van der Waals surface area (Å²) in [6.45, 7) is 0.680. The molecule has 0 bridgehead atoms. The summed E-state index contributed by atoms with van der Waals surface area (Å²) in [6, 6.07) is 41.4. The number of halogens is 1. The van der Waals surface area contributed by atoms with E-state index in [1.165, 1.54) is 15.9 Å². The van der Waals surface area contributed by atoms with Gasteiger partial charge in [-0.25, -0.2) is 0 Å². The second-order valence-electron chi connectivity index (χ2n) is 10.8. The maximum absolute atomic E-state index is 6.13. The van der Waals surface area contributed by atoms with Crippen molar-refractivity contribution in [1.29, 1.82) is 0 Å². The van der Waals surface area contributed by atoms with E-state index in [4.69, 9.17) is 10.5 Å². The Morgan fingerprint density at radius 2 is 1.26 bits per heavy atom. The van der Waals surface area contributed by atoms with Crippen molar-refractivity contribution in [3.8, 4) is 5.75 Å². The van der Waals surface area contributed by atoms with Crippen molar-refractivity contribution in [3.63, 3.8) is 0 Å². The van der Waals surface area contributed by atoms with Gasteiger partial charge in [-0.05, 0) is 0 Å². The smallest absolute Gasteiger partial charge is 0.370 e. The van der Waals surface area contributed by atoms with E-state index in [0.29, 0.717) is 18.5 Å². The van der Waals surface area contributed by atoms with Gasteiger partial charge in [-0.3, -0.25) is 5.32 Å². The Morgan fingerprint density at radius 3 is 1.76 bits per heavy atom. The Kier molecular flexibility index (Phi) is 9.49. The number of ether oxygens (including phenoxy) is 1.